The molecule has 0 N–H and O–H groups in total. The van der Waals surface area contributed by atoms with Crippen LogP contribution >= 0.6 is 0 Å². The fourth-order valence-corrected chi connectivity index (χ4v) is 2.49. The second-order valence-corrected chi connectivity index (χ2v) is 5.68. The second-order valence-electron chi connectivity index (χ2n) is 5.68. The van der Waals surface area contributed by atoms with Crippen LogP contribution in [0.25, 0.3) is 0 Å². The van der Waals surface area contributed by atoms with E-state index in [2.05, 4.69) is 0 Å². The molecule has 2 aromatic carbocycles. The molecule has 1 amide bonds. The summed E-state index contributed by atoms with van der Waals surface area (Å²) in [5.41, 5.74) is 0.907. The molecule has 0 saturated carbocycles. The average Bonchev–Trinajstić information content (AvgIpc) is 2.69. The molecule has 0 aliphatic carbocycles. The summed E-state index contributed by atoms with van der Waals surface area (Å²) in [4.78, 5) is 25.9. The second kappa shape index (κ2) is 9.56. The molecule has 0 aromatic heterocycles. The predicted octanol–water partition coefficient (Wildman–Crippen LogP) is 3.05. The number of hydrogen-bond donors (Lipinski definition) is 0. The third kappa shape index (κ3) is 5.44. The summed E-state index contributed by atoms with van der Waals surface area (Å²) < 4.78 is 28.6. The van der Waals surface area contributed by atoms with Gasteiger partial charge in [-0.05, 0) is 42.8 Å². The van der Waals surface area contributed by atoms with Crippen LogP contribution in [0.3, 0.4) is 0 Å². The molecule has 0 bridgehead atoms. The first-order valence-corrected chi connectivity index (χ1v) is 8.39. The molecule has 0 spiro atoms. The lowest BCUT2D eigenvalue weighted by Crippen LogP contribution is -2.34. The zero-order valence-corrected chi connectivity index (χ0v) is 15.5. The molecule has 0 saturated heterocycles. The highest BCUT2D eigenvalue weighted by molar-refractivity contribution is 5.91. The number of nitrogens with zero attached hydrogens (tertiary/aromatic N) is 1. The van der Waals surface area contributed by atoms with Crippen LogP contribution in [0.5, 0.6) is 11.5 Å². The van der Waals surface area contributed by atoms with Gasteiger partial charge in [0.05, 0.1) is 19.8 Å². The van der Waals surface area contributed by atoms with Crippen molar-refractivity contribution in [2.45, 2.75) is 13.5 Å². The maximum Gasteiger partial charge on any atom is 0.338 e. The van der Waals surface area contributed by atoms with Crippen molar-refractivity contribution in [3.8, 4) is 11.5 Å². The third-order valence-electron chi connectivity index (χ3n) is 3.94. The van der Waals surface area contributed by atoms with Crippen molar-refractivity contribution in [1.29, 1.82) is 0 Å². The molecule has 0 fully saturated rings. The lowest BCUT2D eigenvalue weighted by molar-refractivity contribution is -0.134. The fraction of sp³-hybridized carbons (Fsp3) is 0.300. The van der Waals surface area contributed by atoms with Crippen LogP contribution in [0.2, 0.25) is 0 Å². The van der Waals surface area contributed by atoms with Gasteiger partial charge in [-0.1, -0.05) is 12.1 Å². The highest BCUT2D eigenvalue weighted by Gasteiger charge is 2.17. The lowest BCUT2D eigenvalue weighted by Gasteiger charge is -2.21. The Morgan fingerprint density at radius 2 is 1.78 bits per heavy atom. The Kier molecular flexibility index (Phi) is 7.16. The molecule has 2 rings (SSSR count). The van der Waals surface area contributed by atoms with Crippen LogP contribution in [0.4, 0.5) is 4.39 Å². The number of methoxy groups -OCH3 is 2. The molecule has 2 aromatic rings. The minimum Gasteiger partial charge on any atom is -0.493 e. The number of benzene rings is 2. The maximum absolute atomic E-state index is 13.2. The van der Waals surface area contributed by atoms with Crippen molar-refractivity contribution in [3.05, 3.63) is 59.4 Å². The molecule has 0 aliphatic heterocycles. The van der Waals surface area contributed by atoms with E-state index in [0.29, 0.717) is 24.6 Å². The van der Waals surface area contributed by atoms with Gasteiger partial charge in [0.1, 0.15) is 5.82 Å². The molecule has 0 radical (unpaired) electrons. The predicted molar refractivity (Wildman–Crippen MR) is 97.3 cm³/mol. The summed E-state index contributed by atoms with van der Waals surface area (Å²) in [6.45, 7) is 2.17. The first kappa shape index (κ1) is 20.2. The number of carbonyl (C=O) groups excluding carboxylic acids is 2. The van der Waals surface area contributed by atoms with Gasteiger partial charge >= 0.3 is 5.97 Å². The van der Waals surface area contributed by atoms with Gasteiger partial charge in [0.15, 0.2) is 18.1 Å². The Morgan fingerprint density at radius 3 is 2.41 bits per heavy atom. The molecular weight excluding hydrogens is 353 g/mol. The summed E-state index contributed by atoms with van der Waals surface area (Å²) >= 11 is 0. The molecule has 27 heavy (non-hydrogen) atoms. The largest absolute Gasteiger partial charge is 0.493 e. The van der Waals surface area contributed by atoms with E-state index in [1.54, 1.807) is 24.1 Å². The van der Waals surface area contributed by atoms with E-state index in [0.717, 1.165) is 11.6 Å². The van der Waals surface area contributed by atoms with Crippen LogP contribution in [0.1, 0.15) is 22.8 Å². The number of amides is 1. The lowest BCUT2D eigenvalue weighted by atomic mass is 10.2. The zero-order valence-electron chi connectivity index (χ0n) is 15.5. The first-order valence-electron chi connectivity index (χ1n) is 8.39. The van der Waals surface area contributed by atoms with Gasteiger partial charge in [0.25, 0.3) is 5.91 Å². The highest BCUT2D eigenvalue weighted by Crippen LogP contribution is 2.28. The SMILES string of the molecule is CCN(Cc1ccc(OC)c(OC)c1)C(=O)COC(=O)c1cccc(F)c1. The summed E-state index contributed by atoms with van der Waals surface area (Å²) in [6, 6.07) is 10.5. The van der Waals surface area contributed by atoms with Crippen molar-refractivity contribution in [3.63, 3.8) is 0 Å². The van der Waals surface area contributed by atoms with E-state index in [1.807, 2.05) is 13.0 Å². The van der Waals surface area contributed by atoms with Crippen molar-refractivity contribution < 1.29 is 28.2 Å². The molecule has 0 heterocycles. The number of hydrogen-bond acceptors (Lipinski definition) is 5. The zero-order chi connectivity index (χ0) is 19.8. The molecule has 6 nitrogen and oxygen atoms in total. The number of rotatable bonds is 8. The minimum absolute atomic E-state index is 0.0609. The summed E-state index contributed by atoms with van der Waals surface area (Å²) in [6.07, 6.45) is 0. The number of likely N-dealkylation sites (N-methyl/N-ethyl adjacent to an activating group) is 1. The van der Waals surface area contributed by atoms with Crippen LogP contribution in [-0.2, 0) is 16.1 Å². The van der Waals surface area contributed by atoms with Crippen LogP contribution in [-0.4, -0.2) is 44.1 Å². The number of halogens is 1. The summed E-state index contributed by atoms with van der Waals surface area (Å²) in [7, 11) is 3.09. The molecule has 144 valence electrons. The highest BCUT2D eigenvalue weighted by atomic mass is 19.1. The smallest absolute Gasteiger partial charge is 0.338 e. The fourth-order valence-electron chi connectivity index (χ4n) is 2.49. The Labute approximate surface area is 157 Å². The average molecular weight is 375 g/mol. The minimum atomic E-state index is -0.745. The van der Waals surface area contributed by atoms with Gasteiger partial charge in [0.2, 0.25) is 0 Å². The van der Waals surface area contributed by atoms with Gasteiger partial charge in [-0.25, -0.2) is 9.18 Å². The van der Waals surface area contributed by atoms with Crippen molar-refractivity contribution in [1.82, 2.24) is 4.90 Å². The first-order chi connectivity index (χ1) is 13.0. The standard InChI is InChI=1S/C20H22FNO5/c1-4-22(12-14-8-9-17(25-2)18(10-14)26-3)19(23)13-27-20(24)15-6-5-7-16(21)11-15/h5-11H,4,12-13H2,1-3H3. The van der Waals surface area contributed by atoms with E-state index in [1.165, 1.54) is 25.3 Å². The summed E-state index contributed by atoms with van der Waals surface area (Å²) in [5, 5.41) is 0. The number of carbonyl (C=O) groups is 2. The Bertz CT molecular complexity index is 809. The van der Waals surface area contributed by atoms with E-state index < -0.39 is 18.4 Å². The number of ether oxygens (including phenoxy) is 3. The van der Waals surface area contributed by atoms with Gasteiger partial charge in [0, 0.05) is 13.1 Å². The van der Waals surface area contributed by atoms with Gasteiger partial charge in [-0.2, -0.15) is 0 Å². The Balaban J connectivity index is 1.98. The molecule has 7 heteroatoms. The molecular formula is C20H22FNO5. The van der Waals surface area contributed by atoms with Crippen molar-refractivity contribution >= 4 is 11.9 Å². The monoisotopic (exact) mass is 375 g/mol. The van der Waals surface area contributed by atoms with Crippen LogP contribution < -0.4 is 9.47 Å². The van der Waals surface area contributed by atoms with Crippen LogP contribution in [0, 0.1) is 5.82 Å². The Morgan fingerprint density at radius 1 is 1.04 bits per heavy atom. The van der Waals surface area contributed by atoms with Crippen LogP contribution in [0.15, 0.2) is 42.5 Å². The van der Waals surface area contributed by atoms with Gasteiger partial charge in [-0.15, -0.1) is 0 Å². The number of esters is 1. The van der Waals surface area contributed by atoms with E-state index in [-0.39, 0.29) is 11.5 Å². The van der Waals surface area contributed by atoms with E-state index >= 15 is 0 Å². The molecule has 0 unspecified atom stereocenters. The van der Waals surface area contributed by atoms with Crippen molar-refractivity contribution in [2.75, 3.05) is 27.4 Å². The third-order valence-corrected chi connectivity index (χ3v) is 3.94. The maximum atomic E-state index is 13.2. The quantitative estimate of drug-likeness (QED) is 0.664. The summed E-state index contributed by atoms with van der Waals surface area (Å²) in [5.74, 6) is -0.475. The molecule has 0 atom stereocenters. The normalized spacial score (nSPS) is 10.2. The van der Waals surface area contributed by atoms with Gasteiger partial charge in [-0.3, -0.25) is 4.79 Å². The van der Waals surface area contributed by atoms with E-state index in [4.69, 9.17) is 14.2 Å². The Hall–Kier alpha value is -3.09. The van der Waals surface area contributed by atoms with Gasteiger partial charge < -0.3 is 19.1 Å². The topological polar surface area (TPSA) is 65.1 Å². The van der Waals surface area contributed by atoms with E-state index in [9.17, 15) is 14.0 Å². The molecule has 0 aliphatic rings. The van der Waals surface area contributed by atoms with Crippen molar-refractivity contribution in [2.24, 2.45) is 0 Å².